The third kappa shape index (κ3) is 3.81. The fraction of sp³-hybridized carbons (Fsp3) is 0.231. The number of carbonyl (C=O) groups excluding carboxylic acids is 1. The molecule has 0 saturated carbocycles. The Hall–Kier alpha value is -1.33. The van der Waals surface area contributed by atoms with Gasteiger partial charge in [0.15, 0.2) is 0 Å². The fourth-order valence-corrected chi connectivity index (χ4v) is 2.60. The van der Waals surface area contributed by atoms with E-state index in [9.17, 15) is 4.79 Å². The molecule has 1 aromatic heterocycles. The third-order valence-corrected chi connectivity index (χ3v) is 3.39. The van der Waals surface area contributed by atoms with E-state index in [0.29, 0.717) is 17.1 Å². The van der Waals surface area contributed by atoms with Gasteiger partial charge in [-0.05, 0) is 24.3 Å². The van der Waals surface area contributed by atoms with Gasteiger partial charge in [0.1, 0.15) is 0 Å². The molecular formula is C13H13BrClN3O. The molecule has 6 heteroatoms. The Morgan fingerprint density at radius 1 is 1.47 bits per heavy atom. The van der Waals surface area contributed by atoms with Crippen LogP contribution in [0.2, 0.25) is 5.02 Å². The highest BCUT2D eigenvalue weighted by Crippen LogP contribution is 2.19. The van der Waals surface area contributed by atoms with Gasteiger partial charge in [-0.15, -0.1) is 0 Å². The van der Waals surface area contributed by atoms with Crippen LogP contribution in [0.5, 0.6) is 0 Å². The maximum absolute atomic E-state index is 11.9. The van der Waals surface area contributed by atoms with Crippen LogP contribution in [0.4, 0.5) is 0 Å². The fourth-order valence-electron chi connectivity index (χ4n) is 1.74. The second kappa shape index (κ2) is 6.21. The SMILES string of the molecule is Cn1nccc1CCNC(=O)c1cc(Cl)cc(Br)c1. The summed E-state index contributed by atoms with van der Waals surface area (Å²) in [4.78, 5) is 11.9. The van der Waals surface area contributed by atoms with Gasteiger partial charge in [0.25, 0.3) is 5.91 Å². The lowest BCUT2D eigenvalue weighted by molar-refractivity contribution is 0.0954. The van der Waals surface area contributed by atoms with Crippen molar-refractivity contribution >= 4 is 33.4 Å². The third-order valence-electron chi connectivity index (χ3n) is 2.71. The van der Waals surface area contributed by atoms with Crippen molar-refractivity contribution in [3.8, 4) is 0 Å². The molecular weight excluding hydrogens is 330 g/mol. The van der Waals surface area contributed by atoms with Crippen molar-refractivity contribution in [2.24, 2.45) is 7.05 Å². The van der Waals surface area contributed by atoms with Gasteiger partial charge in [-0.2, -0.15) is 5.10 Å². The standard InChI is InChI=1S/C13H13BrClN3O/c1-18-12(3-5-17-18)2-4-16-13(19)9-6-10(14)8-11(15)7-9/h3,5-8H,2,4H2,1H3,(H,16,19). The molecule has 0 aliphatic carbocycles. The normalized spacial score (nSPS) is 10.5. The van der Waals surface area contributed by atoms with E-state index >= 15 is 0 Å². The minimum absolute atomic E-state index is 0.134. The van der Waals surface area contributed by atoms with Crippen LogP contribution in [0.1, 0.15) is 16.1 Å². The molecule has 1 aromatic carbocycles. The smallest absolute Gasteiger partial charge is 0.251 e. The lowest BCUT2D eigenvalue weighted by Gasteiger charge is -2.06. The molecule has 0 saturated heterocycles. The number of nitrogens with one attached hydrogen (secondary N) is 1. The number of aromatic nitrogens is 2. The minimum atomic E-state index is -0.134. The topological polar surface area (TPSA) is 46.9 Å². The average molecular weight is 343 g/mol. The number of amides is 1. The molecule has 0 aliphatic rings. The average Bonchev–Trinajstić information content (AvgIpc) is 2.74. The molecule has 1 N–H and O–H groups in total. The maximum atomic E-state index is 11.9. The van der Waals surface area contributed by atoms with Crippen LogP contribution in [0.3, 0.4) is 0 Å². The molecule has 0 unspecified atom stereocenters. The first-order valence-corrected chi connectivity index (χ1v) is 6.94. The van der Waals surface area contributed by atoms with Crippen LogP contribution in [-0.4, -0.2) is 22.2 Å². The summed E-state index contributed by atoms with van der Waals surface area (Å²) < 4.78 is 2.58. The van der Waals surface area contributed by atoms with Crippen molar-refractivity contribution in [3.05, 3.63) is 51.2 Å². The Bertz CT molecular complexity index is 577. The molecule has 0 bridgehead atoms. The zero-order valence-electron chi connectivity index (χ0n) is 10.4. The van der Waals surface area contributed by atoms with Crippen molar-refractivity contribution < 1.29 is 4.79 Å². The van der Waals surface area contributed by atoms with Gasteiger partial charge < -0.3 is 5.32 Å². The molecule has 100 valence electrons. The van der Waals surface area contributed by atoms with Gasteiger partial charge >= 0.3 is 0 Å². The number of aryl methyl sites for hydroxylation is 1. The van der Waals surface area contributed by atoms with E-state index in [1.54, 1.807) is 29.1 Å². The molecule has 0 atom stereocenters. The van der Waals surface area contributed by atoms with Gasteiger partial charge in [0.2, 0.25) is 0 Å². The molecule has 19 heavy (non-hydrogen) atoms. The minimum Gasteiger partial charge on any atom is -0.352 e. The van der Waals surface area contributed by atoms with E-state index in [2.05, 4.69) is 26.3 Å². The Balaban J connectivity index is 1.92. The zero-order chi connectivity index (χ0) is 13.8. The van der Waals surface area contributed by atoms with E-state index in [1.807, 2.05) is 13.1 Å². The summed E-state index contributed by atoms with van der Waals surface area (Å²) >= 11 is 9.22. The first-order chi connectivity index (χ1) is 9.06. The van der Waals surface area contributed by atoms with Crippen molar-refractivity contribution in [3.63, 3.8) is 0 Å². The van der Waals surface area contributed by atoms with Gasteiger partial charge in [0, 0.05) is 47.0 Å². The zero-order valence-corrected chi connectivity index (χ0v) is 12.7. The first-order valence-electron chi connectivity index (χ1n) is 5.77. The summed E-state index contributed by atoms with van der Waals surface area (Å²) in [7, 11) is 1.88. The highest BCUT2D eigenvalue weighted by Gasteiger charge is 2.07. The van der Waals surface area contributed by atoms with Crippen LogP contribution < -0.4 is 5.32 Å². The molecule has 0 aliphatic heterocycles. The summed E-state index contributed by atoms with van der Waals surface area (Å²) in [6.45, 7) is 0.558. The van der Waals surface area contributed by atoms with E-state index in [-0.39, 0.29) is 5.91 Å². The van der Waals surface area contributed by atoms with Gasteiger partial charge in [-0.3, -0.25) is 9.48 Å². The molecule has 4 nitrogen and oxygen atoms in total. The van der Waals surface area contributed by atoms with Crippen molar-refractivity contribution in [2.75, 3.05) is 6.54 Å². The Morgan fingerprint density at radius 3 is 2.89 bits per heavy atom. The van der Waals surface area contributed by atoms with E-state index in [4.69, 9.17) is 11.6 Å². The predicted molar refractivity (Wildman–Crippen MR) is 78.4 cm³/mol. The second-order valence-corrected chi connectivity index (χ2v) is 5.46. The van der Waals surface area contributed by atoms with Crippen LogP contribution >= 0.6 is 27.5 Å². The van der Waals surface area contributed by atoms with Crippen LogP contribution in [0.15, 0.2) is 34.9 Å². The highest BCUT2D eigenvalue weighted by molar-refractivity contribution is 9.10. The van der Waals surface area contributed by atoms with Crippen LogP contribution in [0, 0.1) is 0 Å². The quantitative estimate of drug-likeness (QED) is 0.929. The second-order valence-electron chi connectivity index (χ2n) is 4.11. The number of benzene rings is 1. The lowest BCUT2D eigenvalue weighted by atomic mass is 10.2. The summed E-state index contributed by atoms with van der Waals surface area (Å²) in [6.07, 6.45) is 2.48. The lowest BCUT2D eigenvalue weighted by Crippen LogP contribution is -2.26. The monoisotopic (exact) mass is 341 g/mol. The van der Waals surface area contributed by atoms with E-state index in [1.165, 1.54) is 0 Å². The molecule has 0 radical (unpaired) electrons. The van der Waals surface area contributed by atoms with Crippen molar-refractivity contribution in [1.29, 1.82) is 0 Å². The van der Waals surface area contributed by atoms with Crippen LogP contribution in [-0.2, 0) is 13.5 Å². The van der Waals surface area contributed by atoms with E-state index in [0.717, 1.165) is 16.6 Å². The Labute approximate surface area is 124 Å². The molecule has 1 heterocycles. The van der Waals surface area contributed by atoms with Gasteiger partial charge in [-0.25, -0.2) is 0 Å². The van der Waals surface area contributed by atoms with Crippen molar-refractivity contribution in [1.82, 2.24) is 15.1 Å². The number of rotatable bonds is 4. The largest absolute Gasteiger partial charge is 0.352 e. The van der Waals surface area contributed by atoms with E-state index < -0.39 is 0 Å². The molecule has 0 spiro atoms. The predicted octanol–water partition coefficient (Wildman–Crippen LogP) is 2.81. The number of hydrogen-bond acceptors (Lipinski definition) is 2. The first kappa shape index (κ1) is 14.1. The maximum Gasteiger partial charge on any atom is 0.251 e. The van der Waals surface area contributed by atoms with Gasteiger partial charge in [0.05, 0.1) is 0 Å². The molecule has 2 rings (SSSR count). The Kier molecular flexibility index (Phi) is 4.61. The molecule has 1 amide bonds. The Morgan fingerprint density at radius 2 is 2.26 bits per heavy atom. The molecule has 0 fully saturated rings. The number of halogens is 2. The van der Waals surface area contributed by atoms with Gasteiger partial charge in [-0.1, -0.05) is 27.5 Å². The summed E-state index contributed by atoms with van der Waals surface area (Å²) in [5, 5.41) is 7.47. The summed E-state index contributed by atoms with van der Waals surface area (Å²) in [6, 6.07) is 7.06. The van der Waals surface area contributed by atoms with Crippen molar-refractivity contribution in [2.45, 2.75) is 6.42 Å². The summed E-state index contributed by atoms with van der Waals surface area (Å²) in [5.74, 6) is -0.134. The number of nitrogens with zero attached hydrogens (tertiary/aromatic N) is 2. The number of hydrogen-bond donors (Lipinski definition) is 1. The summed E-state index contributed by atoms with van der Waals surface area (Å²) in [5.41, 5.74) is 1.62. The highest BCUT2D eigenvalue weighted by atomic mass is 79.9. The van der Waals surface area contributed by atoms with Crippen LogP contribution in [0.25, 0.3) is 0 Å². The molecule has 2 aromatic rings. The number of carbonyl (C=O) groups is 1.